The summed E-state index contributed by atoms with van der Waals surface area (Å²) in [6.45, 7) is 2.20. The maximum Gasteiger partial charge on any atom is 0.320 e. The molecule has 98 valence electrons. The van der Waals surface area contributed by atoms with Gasteiger partial charge >= 0.3 is 5.97 Å². The van der Waals surface area contributed by atoms with Crippen LogP contribution >= 0.6 is 0 Å². The van der Waals surface area contributed by atoms with Crippen LogP contribution in [0.4, 0.5) is 0 Å². The molecule has 0 bridgehead atoms. The lowest BCUT2D eigenvalue weighted by molar-refractivity contribution is -0.139. The first kappa shape index (κ1) is 13.3. The number of carbonyl (C=O) groups is 1. The third-order valence-electron chi connectivity index (χ3n) is 3.04. The van der Waals surface area contributed by atoms with E-state index in [1.165, 1.54) is 5.56 Å². The minimum absolute atomic E-state index is 0.534. The van der Waals surface area contributed by atoms with Gasteiger partial charge in [0.05, 0.1) is 0 Å². The van der Waals surface area contributed by atoms with Gasteiger partial charge in [0.25, 0.3) is 0 Å². The molecule has 0 saturated heterocycles. The average Bonchev–Trinajstić information content (AvgIpc) is 2.46. The van der Waals surface area contributed by atoms with Crippen molar-refractivity contribution < 1.29 is 9.90 Å². The molecule has 0 spiro atoms. The molecule has 0 radical (unpaired) electrons. The number of hydrogen-bond acceptors (Lipinski definition) is 2. The number of carboxylic acid groups (broad SMARTS) is 1. The van der Waals surface area contributed by atoms with E-state index in [1.54, 1.807) is 6.92 Å². The lowest BCUT2D eigenvalue weighted by Gasteiger charge is -2.09. The van der Waals surface area contributed by atoms with E-state index in [-0.39, 0.29) is 0 Å². The second kappa shape index (κ2) is 6.16. The second-order valence-corrected chi connectivity index (χ2v) is 4.50. The van der Waals surface area contributed by atoms with Gasteiger partial charge in [-0.3, -0.25) is 4.79 Å². The molecule has 3 heteroatoms. The lowest BCUT2D eigenvalue weighted by atomic mass is 10.0. The number of nitrogens with one attached hydrogen (secondary N) is 1. The van der Waals surface area contributed by atoms with E-state index in [2.05, 4.69) is 29.6 Å². The maximum atomic E-state index is 10.7. The third kappa shape index (κ3) is 3.66. The van der Waals surface area contributed by atoms with Gasteiger partial charge in [-0.1, -0.05) is 54.6 Å². The second-order valence-electron chi connectivity index (χ2n) is 4.50. The van der Waals surface area contributed by atoms with Gasteiger partial charge in [-0.15, -0.1) is 0 Å². The SMILES string of the molecule is C[C@@H](NCc1ccc(-c2ccccc2)cc1)C(=O)O. The molecule has 0 heterocycles. The van der Waals surface area contributed by atoms with Crippen LogP contribution in [0.2, 0.25) is 0 Å². The van der Waals surface area contributed by atoms with Crippen molar-refractivity contribution in [2.45, 2.75) is 19.5 Å². The van der Waals surface area contributed by atoms with Crippen molar-refractivity contribution in [2.24, 2.45) is 0 Å². The van der Waals surface area contributed by atoms with Crippen LogP contribution in [-0.4, -0.2) is 17.1 Å². The molecule has 0 aliphatic carbocycles. The van der Waals surface area contributed by atoms with Crippen molar-refractivity contribution in [3.05, 3.63) is 60.2 Å². The topological polar surface area (TPSA) is 49.3 Å². The molecule has 0 saturated carbocycles. The number of rotatable bonds is 5. The van der Waals surface area contributed by atoms with Gasteiger partial charge in [0, 0.05) is 6.54 Å². The highest BCUT2D eigenvalue weighted by molar-refractivity contribution is 5.72. The summed E-state index contributed by atoms with van der Waals surface area (Å²) < 4.78 is 0. The molecule has 0 amide bonds. The van der Waals surface area contributed by atoms with Crippen LogP contribution in [0.3, 0.4) is 0 Å². The molecule has 0 aliphatic heterocycles. The Morgan fingerprint density at radius 1 is 1.05 bits per heavy atom. The van der Waals surface area contributed by atoms with Crippen molar-refractivity contribution in [1.82, 2.24) is 5.32 Å². The summed E-state index contributed by atoms with van der Waals surface area (Å²) in [6, 6.07) is 17.8. The zero-order chi connectivity index (χ0) is 13.7. The minimum Gasteiger partial charge on any atom is -0.480 e. The van der Waals surface area contributed by atoms with Crippen molar-refractivity contribution >= 4 is 5.97 Å². The van der Waals surface area contributed by atoms with Gasteiger partial charge in [0.2, 0.25) is 0 Å². The van der Waals surface area contributed by atoms with Crippen LogP contribution in [0.5, 0.6) is 0 Å². The first-order valence-corrected chi connectivity index (χ1v) is 6.27. The maximum absolute atomic E-state index is 10.7. The van der Waals surface area contributed by atoms with E-state index in [9.17, 15) is 4.79 Å². The number of aliphatic carboxylic acids is 1. The predicted octanol–water partition coefficient (Wildman–Crippen LogP) is 2.92. The quantitative estimate of drug-likeness (QED) is 0.863. The summed E-state index contributed by atoms with van der Waals surface area (Å²) in [5.41, 5.74) is 3.42. The first-order valence-electron chi connectivity index (χ1n) is 6.27. The van der Waals surface area contributed by atoms with E-state index < -0.39 is 12.0 Å². The summed E-state index contributed by atoms with van der Waals surface area (Å²) in [5, 5.41) is 11.7. The summed E-state index contributed by atoms with van der Waals surface area (Å²) in [4.78, 5) is 10.7. The molecule has 0 aliphatic rings. The molecule has 0 fully saturated rings. The molecule has 0 unspecified atom stereocenters. The Kier molecular flexibility index (Phi) is 4.31. The van der Waals surface area contributed by atoms with Gasteiger partial charge in [0.15, 0.2) is 0 Å². The van der Waals surface area contributed by atoms with Gasteiger partial charge in [-0.2, -0.15) is 0 Å². The van der Waals surface area contributed by atoms with Gasteiger partial charge < -0.3 is 10.4 Å². The highest BCUT2D eigenvalue weighted by atomic mass is 16.4. The van der Waals surface area contributed by atoms with E-state index >= 15 is 0 Å². The molecular weight excluding hydrogens is 238 g/mol. The molecule has 2 N–H and O–H groups in total. The molecular formula is C16H17NO2. The Morgan fingerprint density at radius 3 is 2.21 bits per heavy atom. The Hall–Kier alpha value is -2.13. The summed E-state index contributed by atoms with van der Waals surface area (Å²) in [5.74, 6) is -0.832. The monoisotopic (exact) mass is 255 g/mol. The fourth-order valence-corrected chi connectivity index (χ4v) is 1.80. The zero-order valence-electron chi connectivity index (χ0n) is 10.8. The van der Waals surface area contributed by atoms with Crippen LogP contribution in [0.1, 0.15) is 12.5 Å². The highest BCUT2D eigenvalue weighted by Crippen LogP contribution is 2.19. The van der Waals surface area contributed by atoms with E-state index in [4.69, 9.17) is 5.11 Å². The molecule has 2 aromatic carbocycles. The Bertz CT molecular complexity index is 534. The Labute approximate surface area is 112 Å². The van der Waals surface area contributed by atoms with Crippen molar-refractivity contribution in [3.8, 4) is 11.1 Å². The van der Waals surface area contributed by atoms with Crippen LogP contribution in [0.25, 0.3) is 11.1 Å². The molecule has 1 atom stereocenters. The van der Waals surface area contributed by atoms with Gasteiger partial charge in [-0.25, -0.2) is 0 Å². The smallest absolute Gasteiger partial charge is 0.320 e. The Morgan fingerprint density at radius 2 is 1.63 bits per heavy atom. The Balaban J connectivity index is 2.01. The lowest BCUT2D eigenvalue weighted by Crippen LogP contribution is -2.33. The van der Waals surface area contributed by atoms with Crippen LogP contribution in [-0.2, 0) is 11.3 Å². The number of hydrogen-bond donors (Lipinski definition) is 2. The van der Waals surface area contributed by atoms with E-state index in [1.807, 2.05) is 30.3 Å². The summed E-state index contributed by atoms with van der Waals surface area (Å²) in [7, 11) is 0. The van der Waals surface area contributed by atoms with Crippen molar-refractivity contribution in [1.29, 1.82) is 0 Å². The molecule has 2 rings (SSSR count). The van der Waals surface area contributed by atoms with Gasteiger partial charge in [-0.05, 0) is 23.6 Å². The van der Waals surface area contributed by atoms with Crippen LogP contribution in [0.15, 0.2) is 54.6 Å². The molecule has 2 aromatic rings. The number of benzene rings is 2. The van der Waals surface area contributed by atoms with Crippen LogP contribution in [0, 0.1) is 0 Å². The first-order chi connectivity index (χ1) is 9.16. The standard InChI is InChI=1S/C16H17NO2/c1-12(16(18)19)17-11-13-7-9-15(10-8-13)14-5-3-2-4-6-14/h2-10,12,17H,11H2,1H3,(H,18,19)/t12-/m1/s1. The molecule has 0 aromatic heterocycles. The van der Waals surface area contributed by atoms with E-state index in [0.29, 0.717) is 6.54 Å². The van der Waals surface area contributed by atoms with Crippen molar-refractivity contribution in [2.75, 3.05) is 0 Å². The zero-order valence-corrected chi connectivity index (χ0v) is 10.8. The number of carboxylic acids is 1. The minimum atomic E-state index is -0.832. The third-order valence-corrected chi connectivity index (χ3v) is 3.04. The normalized spacial score (nSPS) is 12.1. The van der Waals surface area contributed by atoms with Gasteiger partial charge in [0.1, 0.15) is 6.04 Å². The highest BCUT2D eigenvalue weighted by Gasteiger charge is 2.08. The fraction of sp³-hybridized carbons (Fsp3) is 0.188. The van der Waals surface area contributed by atoms with E-state index in [0.717, 1.165) is 11.1 Å². The molecule has 3 nitrogen and oxygen atoms in total. The van der Waals surface area contributed by atoms with Crippen LogP contribution < -0.4 is 5.32 Å². The van der Waals surface area contributed by atoms with Crippen molar-refractivity contribution in [3.63, 3.8) is 0 Å². The average molecular weight is 255 g/mol. The summed E-state index contributed by atoms with van der Waals surface area (Å²) >= 11 is 0. The largest absolute Gasteiger partial charge is 0.480 e. The summed E-state index contributed by atoms with van der Waals surface area (Å²) in [6.07, 6.45) is 0. The molecule has 19 heavy (non-hydrogen) atoms. The predicted molar refractivity (Wildman–Crippen MR) is 75.8 cm³/mol. The fourth-order valence-electron chi connectivity index (χ4n) is 1.80.